The van der Waals surface area contributed by atoms with Crippen LogP contribution in [0.3, 0.4) is 0 Å². The molecule has 1 aromatic carbocycles. The van der Waals surface area contributed by atoms with Crippen molar-refractivity contribution in [2.45, 2.75) is 32.2 Å². The second kappa shape index (κ2) is 6.58. The molecule has 1 atom stereocenters. The fourth-order valence-corrected chi connectivity index (χ4v) is 2.94. The van der Waals surface area contributed by atoms with Gasteiger partial charge in [0.2, 0.25) is 0 Å². The Kier molecular flexibility index (Phi) is 4.48. The van der Waals surface area contributed by atoms with Gasteiger partial charge in [0.1, 0.15) is 17.2 Å². The monoisotopic (exact) mass is 346 g/mol. The van der Waals surface area contributed by atoms with Gasteiger partial charge in [0.25, 0.3) is 11.5 Å². The van der Waals surface area contributed by atoms with Gasteiger partial charge in [-0.25, -0.2) is 8.78 Å². The summed E-state index contributed by atoms with van der Waals surface area (Å²) in [5.74, 6) is -2.17. The molecule has 0 aliphatic heterocycles. The minimum atomic E-state index is -0.852. The van der Waals surface area contributed by atoms with Crippen LogP contribution in [0.25, 0.3) is 0 Å². The lowest BCUT2D eigenvalue weighted by Crippen LogP contribution is -2.33. The summed E-state index contributed by atoms with van der Waals surface area (Å²) in [7, 11) is 0. The molecule has 1 amide bonds. The lowest BCUT2D eigenvalue weighted by Gasteiger charge is -2.17. The maximum atomic E-state index is 13.8. The van der Waals surface area contributed by atoms with E-state index in [0.717, 1.165) is 18.2 Å². The number of aryl methyl sites for hydroxylation is 1. The van der Waals surface area contributed by atoms with Gasteiger partial charge in [-0.05, 0) is 44.0 Å². The zero-order chi connectivity index (χ0) is 18.1. The second-order valence-electron chi connectivity index (χ2n) is 6.04. The highest BCUT2D eigenvalue weighted by Gasteiger charge is 2.23. The molecule has 0 spiro atoms. The van der Waals surface area contributed by atoms with E-state index in [-0.39, 0.29) is 16.9 Å². The summed E-state index contributed by atoms with van der Waals surface area (Å²) in [6, 6.07) is 3.36. The number of amides is 1. The summed E-state index contributed by atoms with van der Waals surface area (Å²) >= 11 is 0. The smallest absolute Gasteiger partial charge is 0.261 e. The highest BCUT2D eigenvalue weighted by atomic mass is 19.1. The van der Waals surface area contributed by atoms with Crippen LogP contribution in [0.5, 0.6) is 0 Å². The summed E-state index contributed by atoms with van der Waals surface area (Å²) in [4.78, 5) is 39.0. The number of ketones is 1. The predicted molar refractivity (Wildman–Crippen MR) is 86.6 cm³/mol. The van der Waals surface area contributed by atoms with Crippen LogP contribution in [0, 0.1) is 11.6 Å². The Hall–Kier alpha value is -2.83. The molecule has 2 aromatic rings. The number of Topliss-reactive ketones (excluding diaryl/α,β-unsaturated/α-hetero) is 1. The van der Waals surface area contributed by atoms with Crippen LogP contribution in [0.15, 0.2) is 29.1 Å². The third kappa shape index (κ3) is 3.35. The van der Waals surface area contributed by atoms with Crippen LogP contribution in [0.2, 0.25) is 0 Å². The summed E-state index contributed by atoms with van der Waals surface area (Å²) in [6.07, 6.45) is 1.59. The van der Waals surface area contributed by atoms with E-state index in [1.165, 1.54) is 13.0 Å². The Morgan fingerprint density at radius 1 is 1.20 bits per heavy atom. The number of carbonyl (C=O) groups is 2. The Morgan fingerprint density at radius 2 is 1.96 bits per heavy atom. The highest BCUT2D eigenvalue weighted by molar-refractivity contribution is 6.01. The first-order chi connectivity index (χ1) is 11.9. The Morgan fingerprint density at radius 3 is 2.72 bits per heavy atom. The SMILES string of the molecule is C[C@@H](NC(=O)c1cc2c([nH]c1=O)CCCC2=O)c1cc(F)ccc1F. The number of fused-ring (bicyclic) bond motifs is 1. The number of pyridine rings is 1. The summed E-state index contributed by atoms with van der Waals surface area (Å²) in [5, 5.41) is 2.47. The lowest BCUT2D eigenvalue weighted by molar-refractivity contribution is 0.0937. The molecule has 1 aliphatic carbocycles. The van der Waals surface area contributed by atoms with E-state index < -0.39 is 29.1 Å². The van der Waals surface area contributed by atoms with E-state index >= 15 is 0 Å². The minimum Gasteiger partial charge on any atom is -0.345 e. The minimum absolute atomic E-state index is 0.0289. The third-order valence-electron chi connectivity index (χ3n) is 4.27. The number of hydrogen-bond donors (Lipinski definition) is 2. The van der Waals surface area contributed by atoms with Gasteiger partial charge in [-0.1, -0.05) is 0 Å². The van der Waals surface area contributed by atoms with Crippen molar-refractivity contribution in [1.29, 1.82) is 0 Å². The van der Waals surface area contributed by atoms with Crippen molar-refractivity contribution >= 4 is 11.7 Å². The van der Waals surface area contributed by atoms with Crippen molar-refractivity contribution in [3.63, 3.8) is 0 Å². The number of benzene rings is 1. The molecule has 25 heavy (non-hydrogen) atoms. The molecular formula is C18H16F2N2O3. The van der Waals surface area contributed by atoms with E-state index in [4.69, 9.17) is 0 Å². The van der Waals surface area contributed by atoms with Crippen molar-refractivity contribution in [3.05, 3.63) is 68.6 Å². The molecule has 0 radical (unpaired) electrons. The van der Waals surface area contributed by atoms with Gasteiger partial charge >= 0.3 is 0 Å². The molecule has 0 fully saturated rings. The van der Waals surface area contributed by atoms with Crippen LogP contribution in [-0.2, 0) is 6.42 Å². The number of halogens is 2. The second-order valence-corrected chi connectivity index (χ2v) is 6.04. The first kappa shape index (κ1) is 17.0. The van der Waals surface area contributed by atoms with Crippen molar-refractivity contribution < 1.29 is 18.4 Å². The fourth-order valence-electron chi connectivity index (χ4n) is 2.94. The zero-order valence-electron chi connectivity index (χ0n) is 13.5. The van der Waals surface area contributed by atoms with Crippen molar-refractivity contribution in [2.24, 2.45) is 0 Å². The number of rotatable bonds is 3. The average molecular weight is 346 g/mol. The quantitative estimate of drug-likeness (QED) is 0.897. The molecule has 0 saturated heterocycles. The normalized spacial score (nSPS) is 14.8. The Bertz CT molecular complexity index is 921. The first-order valence-corrected chi connectivity index (χ1v) is 7.92. The van der Waals surface area contributed by atoms with Crippen LogP contribution < -0.4 is 10.9 Å². The molecule has 0 saturated carbocycles. The van der Waals surface area contributed by atoms with Gasteiger partial charge in [-0.2, -0.15) is 0 Å². The molecule has 1 aromatic heterocycles. The van der Waals surface area contributed by atoms with Crippen LogP contribution in [0.4, 0.5) is 8.78 Å². The van der Waals surface area contributed by atoms with Crippen LogP contribution in [-0.4, -0.2) is 16.7 Å². The van der Waals surface area contributed by atoms with Gasteiger partial charge in [0.05, 0.1) is 6.04 Å². The van der Waals surface area contributed by atoms with Crippen LogP contribution in [0.1, 0.15) is 57.8 Å². The predicted octanol–water partition coefficient (Wildman–Crippen LogP) is 2.66. The molecule has 7 heteroatoms. The van der Waals surface area contributed by atoms with Gasteiger partial charge in [0, 0.05) is 23.2 Å². The third-order valence-corrected chi connectivity index (χ3v) is 4.27. The maximum Gasteiger partial charge on any atom is 0.261 e. The molecule has 130 valence electrons. The molecule has 3 rings (SSSR count). The number of aromatic nitrogens is 1. The number of aromatic amines is 1. The number of hydrogen-bond acceptors (Lipinski definition) is 3. The summed E-state index contributed by atoms with van der Waals surface area (Å²) < 4.78 is 27.1. The van der Waals surface area contributed by atoms with E-state index in [1.54, 1.807) is 0 Å². The average Bonchev–Trinajstić information content (AvgIpc) is 2.56. The molecule has 5 nitrogen and oxygen atoms in total. The molecule has 0 bridgehead atoms. The van der Waals surface area contributed by atoms with E-state index in [1.807, 2.05) is 0 Å². The zero-order valence-corrected chi connectivity index (χ0v) is 13.5. The first-order valence-electron chi connectivity index (χ1n) is 7.92. The Labute approximate surface area is 142 Å². The van der Waals surface area contributed by atoms with Crippen molar-refractivity contribution in [2.75, 3.05) is 0 Å². The fraction of sp³-hybridized carbons (Fsp3) is 0.278. The summed E-state index contributed by atoms with van der Waals surface area (Å²) in [6.45, 7) is 1.48. The van der Waals surface area contributed by atoms with E-state index in [0.29, 0.717) is 30.5 Å². The van der Waals surface area contributed by atoms with E-state index in [9.17, 15) is 23.2 Å². The molecule has 2 N–H and O–H groups in total. The van der Waals surface area contributed by atoms with Gasteiger partial charge in [-0.3, -0.25) is 14.4 Å². The van der Waals surface area contributed by atoms with Crippen molar-refractivity contribution in [1.82, 2.24) is 10.3 Å². The molecule has 1 aliphatic rings. The number of nitrogens with one attached hydrogen (secondary N) is 2. The van der Waals surface area contributed by atoms with Gasteiger partial charge in [-0.15, -0.1) is 0 Å². The molecule has 0 unspecified atom stereocenters. The van der Waals surface area contributed by atoms with Crippen LogP contribution >= 0.6 is 0 Å². The molecular weight excluding hydrogens is 330 g/mol. The lowest BCUT2D eigenvalue weighted by atomic mass is 9.93. The topological polar surface area (TPSA) is 79.0 Å². The Balaban J connectivity index is 1.89. The number of H-pyrrole nitrogens is 1. The standard InChI is InChI=1S/C18H16F2N2O3/c1-9(11-7-10(19)5-6-14(11)20)21-17(24)13-8-12-15(22-18(13)25)3-2-4-16(12)23/h5-9H,2-4H2,1H3,(H,21,24)(H,22,25)/t9-/m1/s1. The van der Waals surface area contributed by atoms with E-state index in [2.05, 4.69) is 10.3 Å². The largest absolute Gasteiger partial charge is 0.345 e. The molecule has 1 heterocycles. The van der Waals surface area contributed by atoms with Gasteiger partial charge < -0.3 is 10.3 Å². The number of carbonyl (C=O) groups excluding carboxylic acids is 2. The summed E-state index contributed by atoms with van der Waals surface area (Å²) in [5.41, 5.74) is -0.00282. The highest BCUT2D eigenvalue weighted by Crippen LogP contribution is 2.20. The van der Waals surface area contributed by atoms with Gasteiger partial charge in [0.15, 0.2) is 5.78 Å². The van der Waals surface area contributed by atoms with Crippen molar-refractivity contribution in [3.8, 4) is 0 Å². The maximum absolute atomic E-state index is 13.8.